The van der Waals surface area contributed by atoms with Gasteiger partial charge < -0.3 is 15.5 Å². The van der Waals surface area contributed by atoms with E-state index in [0.29, 0.717) is 6.42 Å². The fraction of sp³-hybridized carbons (Fsp3) is 0.333. The van der Waals surface area contributed by atoms with Crippen molar-refractivity contribution in [2.45, 2.75) is 32.2 Å². The molecule has 0 aromatic heterocycles. The van der Waals surface area contributed by atoms with E-state index in [2.05, 4.69) is 5.32 Å². The number of aromatic hydroxyl groups is 1. The molecule has 0 saturated carbocycles. The molecular formula is C15H19NO4. The molecule has 0 aliphatic carbocycles. The van der Waals surface area contributed by atoms with Crippen LogP contribution in [0.4, 0.5) is 0 Å². The number of rotatable bonds is 6. The topological polar surface area (TPSA) is 86.6 Å². The summed E-state index contributed by atoms with van der Waals surface area (Å²) >= 11 is 0. The minimum atomic E-state index is -0.882. The van der Waals surface area contributed by atoms with Crippen molar-refractivity contribution in [3.63, 3.8) is 0 Å². The molecule has 0 fully saturated rings. The second kappa shape index (κ2) is 6.75. The van der Waals surface area contributed by atoms with E-state index < -0.39 is 11.5 Å². The molecule has 5 heteroatoms. The molecule has 5 nitrogen and oxygen atoms in total. The lowest BCUT2D eigenvalue weighted by atomic mass is 9.98. The van der Waals surface area contributed by atoms with Gasteiger partial charge in [-0.05, 0) is 44.0 Å². The molecule has 20 heavy (non-hydrogen) atoms. The number of hydrogen-bond acceptors (Lipinski definition) is 3. The monoisotopic (exact) mass is 277 g/mol. The lowest BCUT2D eigenvalue weighted by molar-refractivity contribution is -0.137. The van der Waals surface area contributed by atoms with Crippen LogP contribution in [0.25, 0.3) is 6.08 Å². The van der Waals surface area contributed by atoms with Crippen molar-refractivity contribution >= 4 is 18.0 Å². The Hall–Kier alpha value is -2.30. The largest absolute Gasteiger partial charge is 0.508 e. The van der Waals surface area contributed by atoms with Gasteiger partial charge >= 0.3 is 5.97 Å². The van der Waals surface area contributed by atoms with Crippen LogP contribution in [0.1, 0.15) is 32.3 Å². The molecule has 1 aromatic carbocycles. The number of carbonyl (C=O) groups is 2. The van der Waals surface area contributed by atoms with Crippen molar-refractivity contribution in [3.05, 3.63) is 35.9 Å². The van der Waals surface area contributed by atoms with E-state index in [9.17, 15) is 9.59 Å². The molecule has 0 aliphatic heterocycles. The van der Waals surface area contributed by atoms with Crippen LogP contribution in [0.3, 0.4) is 0 Å². The number of carbonyl (C=O) groups excluding carboxylic acids is 1. The molecule has 1 aromatic rings. The Balaban J connectivity index is 2.54. The summed E-state index contributed by atoms with van der Waals surface area (Å²) in [6.45, 7) is 3.56. The zero-order chi connectivity index (χ0) is 15.2. The predicted molar refractivity (Wildman–Crippen MR) is 76.2 cm³/mol. The summed E-state index contributed by atoms with van der Waals surface area (Å²) in [4.78, 5) is 22.3. The Morgan fingerprint density at radius 3 is 2.40 bits per heavy atom. The average Bonchev–Trinajstić information content (AvgIpc) is 2.35. The molecule has 0 unspecified atom stereocenters. The number of carboxylic acid groups (broad SMARTS) is 1. The lowest BCUT2D eigenvalue weighted by Crippen LogP contribution is -2.42. The maximum absolute atomic E-state index is 11.7. The summed E-state index contributed by atoms with van der Waals surface area (Å²) in [5.74, 6) is -0.998. The number of nitrogens with one attached hydrogen (secondary N) is 1. The molecule has 1 rings (SSSR count). The number of benzene rings is 1. The van der Waals surface area contributed by atoms with Crippen molar-refractivity contribution in [2.75, 3.05) is 0 Å². The van der Waals surface area contributed by atoms with Crippen molar-refractivity contribution in [3.8, 4) is 5.75 Å². The fourth-order valence-corrected chi connectivity index (χ4v) is 1.61. The van der Waals surface area contributed by atoms with Crippen LogP contribution in [0.15, 0.2) is 30.3 Å². The molecule has 0 aliphatic rings. The zero-order valence-electron chi connectivity index (χ0n) is 11.6. The van der Waals surface area contributed by atoms with E-state index >= 15 is 0 Å². The first kappa shape index (κ1) is 15.8. The molecular weight excluding hydrogens is 258 g/mol. The van der Waals surface area contributed by atoms with Crippen LogP contribution in [-0.4, -0.2) is 27.6 Å². The summed E-state index contributed by atoms with van der Waals surface area (Å²) in [5.41, 5.74) is 0.218. The third kappa shape index (κ3) is 6.04. The molecule has 108 valence electrons. The van der Waals surface area contributed by atoms with Crippen LogP contribution >= 0.6 is 0 Å². The first-order chi connectivity index (χ1) is 9.28. The number of hydrogen-bond donors (Lipinski definition) is 3. The maximum atomic E-state index is 11.7. The number of phenols is 1. The van der Waals surface area contributed by atoms with E-state index in [0.717, 1.165) is 5.56 Å². The highest BCUT2D eigenvalue weighted by Gasteiger charge is 2.20. The number of amides is 1. The second-order valence-electron chi connectivity index (χ2n) is 5.19. The van der Waals surface area contributed by atoms with Crippen LogP contribution < -0.4 is 5.32 Å². The highest BCUT2D eigenvalue weighted by Crippen LogP contribution is 2.12. The maximum Gasteiger partial charge on any atom is 0.303 e. The van der Waals surface area contributed by atoms with Gasteiger partial charge in [0.05, 0.1) is 0 Å². The van der Waals surface area contributed by atoms with Gasteiger partial charge in [0.15, 0.2) is 0 Å². The number of aliphatic carboxylic acids is 1. The van der Waals surface area contributed by atoms with E-state index in [1.165, 1.54) is 18.2 Å². The molecule has 0 spiro atoms. The van der Waals surface area contributed by atoms with Gasteiger partial charge in [0.2, 0.25) is 5.91 Å². The Morgan fingerprint density at radius 1 is 1.25 bits per heavy atom. The Labute approximate surface area is 117 Å². The third-order valence-electron chi connectivity index (χ3n) is 2.75. The van der Waals surface area contributed by atoms with Gasteiger partial charge in [0.25, 0.3) is 0 Å². The van der Waals surface area contributed by atoms with Gasteiger partial charge in [0.1, 0.15) is 5.75 Å². The minimum absolute atomic E-state index is 0.00889. The predicted octanol–water partition coefficient (Wildman–Crippen LogP) is 2.17. The Kier molecular flexibility index (Phi) is 5.32. The normalized spacial score (nSPS) is 11.5. The molecule has 0 heterocycles. The summed E-state index contributed by atoms with van der Waals surface area (Å²) in [6.07, 6.45) is 3.38. The van der Waals surface area contributed by atoms with Crippen molar-refractivity contribution < 1.29 is 19.8 Å². The van der Waals surface area contributed by atoms with Crippen molar-refractivity contribution in [1.82, 2.24) is 5.32 Å². The quantitative estimate of drug-likeness (QED) is 0.695. The first-order valence-electron chi connectivity index (χ1n) is 6.29. The SMILES string of the molecule is CC(C)(CCC(=O)O)NC(=O)C=Cc1ccc(O)cc1. The Morgan fingerprint density at radius 2 is 1.85 bits per heavy atom. The molecule has 0 bridgehead atoms. The average molecular weight is 277 g/mol. The van der Waals surface area contributed by atoms with Gasteiger partial charge in [-0.3, -0.25) is 9.59 Å². The molecule has 0 radical (unpaired) electrons. The van der Waals surface area contributed by atoms with Gasteiger partial charge in [-0.1, -0.05) is 12.1 Å². The van der Waals surface area contributed by atoms with E-state index in [1.807, 2.05) is 0 Å². The van der Waals surface area contributed by atoms with Gasteiger partial charge in [0, 0.05) is 18.0 Å². The van der Waals surface area contributed by atoms with E-state index in [4.69, 9.17) is 10.2 Å². The highest BCUT2D eigenvalue weighted by molar-refractivity contribution is 5.92. The highest BCUT2D eigenvalue weighted by atomic mass is 16.4. The summed E-state index contributed by atoms with van der Waals surface area (Å²) in [5, 5.41) is 20.5. The van der Waals surface area contributed by atoms with Crippen molar-refractivity contribution in [2.24, 2.45) is 0 Å². The van der Waals surface area contributed by atoms with E-state index in [-0.39, 0.29) is 18.1 Å². The standard InChI is InChI=1S/C15H19NO4/c1-15(2,10-9-14(19)20)16-13(18)8-5-11-3-6-12(17)7-4-11/h3-8,17H,9-10H2,1-2H3,(H,16,18)(H,19,20). The number of carboxylic acids is 1. The first-order valence-corrected chi connectivity index (χ1v) is 6.29. The molecule has 1 amide bonds. The molecule has 0 saturated heterocycles. The minimum Gasteiger partial charge on any atom is -0.508 e. The molecule has 0 atom stereocenters. The van der Waals surface area contributed by atoms with Crippen molar-refractivity contribution in [1.29, 1.82) is 0 Å². The summed E-state index contributed by atoms with van der Waals surface area (Å²) < 4.78 is 0. The van der Waals surface area contributed by atoms with Crippen LogP contribution in [0, 0.1) is 0 Å². The smallest absolute Gasteiger partial charge is 0.303 e. The summed E-state index contributed by atoms with van der Waals surface area (Å²) in [7, 11) is 0. The summed E-state index contributed by atoms with van der Waals surface area (Å²) in [6, 6.07) is 6.45. The lowest BCUT2D eigenvalue weighted by Gasteiger charge is -2.24. The Bertz CT molecular complexity index is 503. The van der Waals surface area contributed by atoms with Gasteiger partial charge in [-0.15, -0.1) is 0 Å². The van der Waals surface area contributed by atoms with Crippen LogP contribution in [0.5, 0.6) is 5.75 Å². The van der Waals surface area contributed by atoms with Crippen LogP contribution in [0.2, 0.25) is 0 Å². The number of phenolic OH excluding ortho intramolecular Hbond substituents is 1. The van der Waals surface area contributed by atoms with Gasteiger partial charge in [-0.2, -0.15) is 0 Å². The fourth-order valence-electron chi connectivity index (χ4n) is 1.61. The second-order valence-corrected chi connectivity index (χ2v) is 5.19. The van der Waals surface area contributed by atoms with Crippen LogP contribution in [-0.2, 0) is 9.59 Å². The third-order valence-corrected chi connectivity index (χ3v) is 2.75. The van der Waals surface area contributed by atoms with E-state index in [1.54, 1.807) is 32.1 Å². The molecule has 3 N–H and O–H groups in total. The van der Waals surface area contributed by atoms with Gasteiger partial charge in [-0.25, -0.2) is 0 Å². The zero-order valence-corrected chi connectivity index (χ0v) is 11.6.